The van der Waals surface area contributed by atoms with Gasteiger partial charge in [0.1, 0.15) is 5.82 Å². The van der Waals surface area contributed by atoms with E-state index in [0.29, 0.717) is 0 Å². The molecule has 1 aromatic rings. The lowest BCUT2D eigenvalue weighted by atomic mass is 10.0. The highest BCUT2D eigenvalue weighted by atomic mass is 19.1. The second kappa shape index (κ2) is 5.07. The van der Waals surface area contributed by atoms with Crippen molar-refractivity contribution in [3.8, 4) is 0 Å². The number of nitro groups is 1. The Morgan fingerprint density at radius 2 is 2.00 bits per heavy atom. The van der Waals surface area contributed by atoms with E-state index in [2.05, 4.69) is 5.32 Å². The number of rotatable bonds is 5. The predicted molar refractivity (Wildman–Crippen MR) is 59.3 cm³/mol. The summed E-state index contributed by atoms with van der Waals surface area (Å²) in [4.78, 5) is 9.80. The fraction of sp³-hybridized carbons (Fsp3) is 0.400. The molecule has 0 heterocycles. The zero-order valence-electron chi connectivity index (χ0n) is 9.18. The maximum atomic E-state index is 13.1. The molecule has 94 valence electrons. The monoisotopic (exact) mass is 244 g/mol. The summed E-state index contributed by atoms with van der Waals surface area (Å²) in [7, 11) is 0. The van der Waals surface area contributed by atoms with Crippen LogP contribution in [-0.2, 0) is 0 Å². The van der Waals surface area contributed by atoms with Crippen LogP contribution in [0.3, 0.4) is 0 Å². The van der Waals surface area contributed by atoms with Crippen molar-refractivity contribution in [2.24, 2.45) is 0 Å². The van der Waals surface area contributed by atoms with Crippen molar-refractivity contribution in [3.05, 3.63) is 34.1 Å². The Kier molecular flexibility index (Phi) is 3.97. The molecule has 0 spiro atoms. The Hall–Kier alpha value is -1.73. The Morgan fingerprint density at radius 3 is 2.47 bits per heavy atom. The summed E-state index contributed by atoms with van der Waals surface area (Å²) < 4.78 is 13.1. The average molecular weight is 244 g/mol. The number of nitrogens with zero attached hydrogens (tertiary/aromatic N) is 1. The lowest BCUT2D eigenvalue weighted by Gasteiger charge is -2.27. The molecule has 0 radical (unpaired) electrons. The van der Waals surface area contributed by atoms with Gasteiger partial charge in [-0.3, -0.25) is 10.1 Å². The minimum absolute atomic E-state index is 0.127. The van der Waals surface area contributed by atoms with Gasteiger partial charge in [0.15, 0.2) is 0 Å². The fourth-order valence-electron chi connectivity index (χ4n) is 1.23. The lowest BCUT2D eigenvalue weighted by Crippen LogP contribution is -2.42. The number of nitro benzene ring substituents is 1. The van der Waals surface area contributed by atoms with Gasteiger partial charge in [-0.15, -0.1) is 0 Å². The molecule has 0 aromatic heterocycles. The Balaban J connectivity index is 3.02. The molecule has 1 aromatic carbocycles. The van der Waals surface area contributed by atoms with Crippen molar-refractivity contribution >= 4 is 11.4 Å². The van der Waals surface area contributed by atoms with Gasteiger partial charge in [0.2, 0.25) is 0 Å². The van der Waals surface area contributed by atoms with Gasteiger partial charge >= 0.3 is 0 Å². The SMILES string of the molecule is CC(CO)(CO)Nc1cc(F)cc([N+](=O)[O-])c1. The van der Waals surface area contributed by atoms with Crippen molar-refractivity contribution in [2.45, 2.75) is 12.5 Å². The molecule has 0 atom stereocenters. The molecule has 1 rings (SSSR count). The molecular weight excluding hydrogens is 231 g/mol. The highest BCUT2D eigenvalue weighted by Crippen LogP contribution is 2.22. The summed E-state index contributed by atoms with van der Waals surface area (Å²) in [6.07, 6.45) is 0. The van der Waals surface area contributed by atoms with Gasteiger partial charge in [-0.1, -0.05) is 0 Å². The van der Waals surface area contributed by atoms with Crippen LogP contribution in [0.15, 0.2) is 18.2 Å². The third kappa shape index (κ3) is 3.36. The van der Waals surface area contributed by atoms with Crippen LogP contribution in [-0.4, -0.2) is 33.9 Å². The van der Waals surface area contributed by atoms with Crippen LogP contribution in [0.2, 0.25) is 0 Å². The molecule has 0 amide bonds. The molecule has 0 bridgehead atoms. The van der Waals surface area contributed by atoms with Gasteiger partial charge < -0.3 is 15.5 Å². The highest BCUT2D eigenvalue weighted by Gasteiger charge is 2.23. The summed E-state index contributed by atoms with van der Waals surface area (Å²) >= 11 is 0. The van der Waals surface area contributed by atoms with E-state index in [9.17, 15) is 14.5 Å². The highest BCUT2D eigenvalue weighted by molar-refractivity contribution is 5.53. The topological polar surface area (TPSA) is 95.6 Å². The molecule has 3 N–H and O–H groups in total. The molecule has 0 saturated carbocycles. The molecule has 0 aliphatic heterocycles. The largest absolute Gasteiger partial charge is 0.394 e. The minimum Gasteiger partial charge on any atom is -0.394 e. The molecule has 0 fully saturated rings. The molecule has 0 aliphatic carbocycles. The minimum atomic E-state index is -1.07. The summed E-state index contributed by atoms with van der Waals surface area (Å²) in [5.41, 5.74) is -1.34. The summed E-state index contributed by atoms with van der Waals surface area (Å²) in [6, 6.07) is 2.98. The third-order valence-corrected chi connectivity index (χ3v) is 2.24. The number of aliphatic hydroxyl groups is 2. The second-order valence-electron chi connectivity index (χ2n) is 3.96. The Morgan fingerprint density at radius 1 is 1.41 bits per heavy atom. The molecule has 6 nitrogen and oxygen atoms in total. The first-order valence-corrected chi connectivity index (χ1v) is 4.85. The van der Waals surface area contributed by atoms with Gasteiger partial charge in [0.05, 0.1) is 29.7 Å². The van der Waals surface area contributed by atoms with Crippen molar-refractivity contribution in [3.63, 3.8) is 0 Å². The standard InChI is InChI=1S/C10H13FN2O4/c1-10(5-14,6-15)12-8-2-7(11)3-9(4-8)13(16)17/h2-4,12,14-15H,5-6H2,1H3. The zero-order valence-corrected chi connectivity index (χ0v) is 9.18. The van der Waals surface area contributed by atoms with Crippen LogP contribution in [0.4, 0.5) is 15.8 Å². The van der Waals surface area contributed by atoms with Gasteiger partial charge in [-0.2, -0.15) is 0 Å². The van der Waals surface area contributed by atoms with Gasteiger partial charge in [-0.25, -0.2) is 4.39 Å². The van der Waals surface area contributed by atoms with Crippen molar-refractivity contribution in [1.82, 2.24) is 0 Å². The van der Waals surface area contributed by atoms with E-state index in [1.807, 2.05) is 0 Å². The number of aliphatic hydroxyl groups excluding tert-OH is 2. The van der Waals surface area contributed by atoms with E-state index in [1.54, 1.807) is 0 Å². The first kappa shape index (κ1) is 13.3. The molecule has 0 unspecified atom stereocenters. The van der Waals surface area contributed by atoms with E-state index >= 15 is 0 Å². The number of hydrogen-bond acceptors (Lipinski definition) is 5. The Labute approximate surface area is 96.8 Å². The zero-order chi connectivity index (χ0) is 13.1. The number of anilines is 1. The maximum Gasteiger partial charge on any atom is 0.274 e. The number of benzene rings is 1. The quantitative estimate of drug-likeness (QED) is 0.528. The fourth-order valence-corrected chi connectivity index (χ4v) is 1.23. The van der Waals surface area contributed by atoms with E-state index in [4.69, 9.17) is 10.2 Å². The first-order valence-electron chi connectivity index (χ1n) is 4.85. The number of halogens is 1. The van der Waals surface area contributed by atoms with E-state index in [1.165, 1.54) is 6.92 Å². The molecule has 0 saturated heterocycles. The number of nitrogens with one attached hydrogen (secondary N) is 1. The summed E-state index contributed by atoms with van der Waals surface area (Å²) in [5.74, 6) is -0.764. The van der Waals surface area contributed by atoms with E-state index in [0.717, 1.165) is 18.2 Å². The molecular formula is C10H13FN2O4. The summed E-state index contributed by atoms with van der Waals surface area (Å²) in [5, 5.41) is 31.3. The van der Waals surface area contributed by atoms with Crippen molar-refractivity contribution in [2.75, 3.05) is 18.5 Å². The van der Waals surface area contributed by atoms with Gasteiger partial charge in [0.25, 0.3) is 5.69 Å². The van der Waals surface area contributed by atoms with Crippen LogP contribution in [0.25, 0.3) is 0 Å². The van der Waals surface area contributed by atoms with E-state index < -0.39 is 35.2 Å². The number of hydrogen-bond donors (Lipinski definition) is 3. The lowest BCUT2D eigenvalue weighted by molar-refractivity contribution is -0.385. The van der Waals surface area contributed by atoms with Crippen LogP contribution >= 0.6 is 0 Å². The first-order chi connectivity index (χ1) is 7.90. The molecule has 17 heavy (non-hydrogen) atoms. The molecule has 0 aliphatic rings. The molecule has 7 heteroatoms. The maximum absolute atomic E-state index is 13.1. The van der Waals surface area contributed by atoms with Crippen LogP contribution in [0, 0.1) is 15.9 Å². The van der Waals surface area contributed by atoms with Crippen LogP contribution < -0.4 is 5.32 Å². The average Bonchev–Trinajstić information content (AvgIpc) is 2.28. The van der Waals surface area contributed by atoms with Crippen molar-refractivity contribution in [1.29, 1.82) is 0 Å². The Bertz CT molecular complexity index is 421. The van der Waals surface area contributed by atoms with Crippen LogP contribution in [0.5, 0.6) is 0 Å². The summed E-state index contributed by atoms with van der Waals surface area (Å²) in [6.45, 7) is 0.714. The third-order valence-electron chi connectivity index (χ3n) is 2.24. The van der Waals surface area contributed by atoms with Crippen LogP contribution in [0.1, 0.15) is 6.92 Å². The van der Waals surface area contributed by atoms with Gasteiger partial charge in [-0.05, 0) is 13.0 Å². The smallest absolute Gasteiger partial charge is 0.274 e. The van der Waals surface area contributed by atoms with Gasteiger partial charge in [0, 0.05) is 11.8 Å². The number of non-ortho nitro benzene ring substituents is 1. The normalized spacial score (nSPS) is 11.3. The van der Waals surface area contributed by atoms with Crippen molar-refractivity contribution < 1.29 is 19.5 Å². The van der Waals surface area contributed by atoms with E-state index in [-0.39, 0.29) is 5.69 Å². The predicted octanol–water partition coefficient (Wildman–Crippen LogP) is 0.889. The second-order valence-corrected chi connectivity index (χ2v) is 3.96.